The molecule has 2 amide bonds. The molecular formula is C20H21N5O4S. The summed E-state index contributed by atoms with van der Waals surface area (Å²) in [7, 11) is -3.75. The van der Waals surface area contributed by atoms with Crippen LogP contribution in [-0.2, 0) is 19.6 Å². The average molecular weight is 427 g/mol. The minimum atomic E-state index is -3.75. The number of fused-ring (bicyclic) bond motifs is 1. The molecule has 0 aliphatic carbocycles. The predicted octanol–water partition coefficient (Wildman–Crippen LogP) is 1.99. The van der Waals surface area contributed by atoms with Gasteiger partial charge in [-0.1, -0.05) is 12.1 Å². The molecule has 4 rings (SSSR count). The number of imide groups is 1. The van der Waals surface area contributed by atoms with Gasteiger partial charge in [0.1, 0.15) is 0 Å². The summed E-state index contributed by atoms with van der Waals surface area (Å²) in [6, 6.07) is 8.73. The SMILES string of the molecule is Cc1c(-c2cccc(NS(=O)(=O)CCN3C(=O)CCCC3=O)c2)nc2ncccn12. The van der Waals surface area contributed by atoms with Gasteiger partial charge in [0, 0.05) is 48.7 Å². The minimum absolute atomic E-state index is 0.149. The smallest absolute Gasteiger partial charge is 0.234 e. The zero-order valence-corrected chi connectivity index (χ0v) is 17.2. The van der Waals surface area contributed by atoms with E-state index in [1.54, 1.807) is 24.4 Å². The van der Waals surface area contributed by atoms with Crippen LogP contribution < -0.4 is 4.72 Å². The fourth-order valence-electron chi connectivity index (χ4n) is 3.50. The molecule has 10 heteroatoms. The van der Waals surface area contributed by atoms with Crippen LogP contribution in [0, 0.1) is 6.92 Å². The average Bonchev–Trinajstić information content (AvgIpc) is 3.04. The van der Waals surface area contributed by atoms with Crippen LogP contribution in [0.25, 0.3) is 17.0 Å². The molecular weight excluding hydrogens is 406 g/mol. The van der Waals surface area contributed by atoms with E-state index in [4.69, 9.17) is 0 Å². The summed E-state index contributed by atoms with van der Waals surface area (Å²) in [6.45, 7) is 1.77. The summed E-state index contributed by atoms with van der Waals surface area (Å²) in [5.41, 5.74) is 2.73. The fraction of sp³-hybridized carbons (Fsp3) is 0.300. The molecule has 0 bridgehead atoms. The molecule has 3 aromatic rings. The number of piperidine rings is 1. The third kappa shape index (κ3) is 4.04. The number of carbonyl (C=O) groups excluding carboxylic acids is 2. The molecule has 0 saturated carbocycles. The number of aromatic nitrogens is 3. The Hall–Kier alpha value is -3.27. The van der Waals surface area contributed by atoms with Gasteiger partial charge in [-0.3, -0.25) is 23.6 Å². The maximum absolute atomic E-state index is 12.5. The number of anilines is 1. The van der Waals surface area contributed by atoms with E-state index in [1.807, 2.05) is 29.7 Å². The summed E-state index contributed by atoms with van der Waals surface area (Å²) in [4.78, 5) is 33.5. The first-order valence-electron chi connectivity index (χ1n) is 9.58. The first kappa shape index (κ1) is 20.0. The molecule has 1 aliphatic heterocycles. The van der Waals surface area contributed by atoms with Crippen molar-refractivity contribution in [2.24, 2.45) is 0 Å². The number of rotatable bonds is 6. The van der Waals surface area contributed by atoms with Gasteiger partial charge in [-0.25, -0.2) is 18.4 Å². The molecule has 1 fully saturated rings. The van der Waals surface area contributed by atoms with Gasteiger partial charge in [0.15, 0.2) is 0 Å². The van der Waals surface area contributed by atoms with Crippen LogP contribution in [0.3, 0.4) is 0 Å². The van der Waals surface area contributed by atoms with Crippen LogP contribution in [0.5, 0.6) is 0 Å². The van der Waals surface area contributed by atoms with Gasteiger partial charge in [-0.15, -0.1) is 0 Å². The van der Waals surface area contributed by atoms with E-state index in [9.17, 15) is 18.0 Å². The Labute approximate surface area is 173 Å². The Morgan fingerprint density at radius 1 is 1.13 bits per heavy atom. The lowest BCUT2D eigenvalue weighted by Crippen LogP contribution is -2.43. The van der Waals surface area contributed by atoms with Gasteiger partial charge in [0.05, 0.1) is 11.4 Å². The zero-order valence-electron chi connectivity index (χ0n) is 16.4. The van der Waals surface area contributed by atoms with Crippen molar-refractivity contribution >= 4 is 33.3 Å². The van der Waals surface area contributed by atoms with E-state index in [0.29, 0.717) is 23.6 Å². The van der Waals surface area contributed by atoms with Crippen molar-refractivity contribution in [1.82, 2.24) is 19.3 Å². The van der Waals surface area contributed by atoms with Crippen LogP contribution in [-0.4, -0.2) is 51.8 Å². The highest BCUT2D eigenvalue weighted by Gasteiger charge is 2.27. The first-order chi connectivity index (χ1) is 14.3. The second-order valence-electron chi connectivity index (χ2n) is 7.13. The van der Waals surface area contributed by atoms with Crippen molar-refractivity contribution in [1.29, 1.82) is 0 Å². The van der Waals surface area contributed by atoms with Crippen LogP contribution in [0.15, 0.2) is 42.7 Å². The number of benzene rings is 1. The fourth-order valence-corrected chi connectivity index (χ4v) is 4.51. The molecule has 9 nitrogen and oxygen atoms in total. The van der Waals surface area contributed by atoms with Crippen molar-refractivity contribution in [2.45, 2.75) is 26.2 Å². The second kappa shape index (κ2) is 7.86. The number of nitrogens with zero attached hydrogens (tertiary/aromatic N) is 4. The van der Waals surface area contributed by atoms with E-state index in [0.717, 1.165) is 16.2 Å². The van der Waals surface area contributed by atoms with Crippen molar-refractivity contribution < 1.29 is 18.0 Å². The van der Waals surface area contributed by atoms with Gasteiger partial charge >= 0.3 is 0 Å². The molecule has 1 aromatic carbocycles. The number of likely N-dealkylation sites (tertiary alicyclic amines) is 1. The molecule has 0 atom stereocenters. The molecule has 0 spiro atoms. The second-order valence-corrected chi connectivity index (χ2v) is 8.97. The third-order valence-corrected chi connectivity index (χ3v) is 6.29. The lowest BCUT2D eigenvalue weighted by atomic mass is 10.1. The Morgan fingerprint density at radius 3 is 2.63 bits per heavy atom. The van der Waals surface area contributed by atoms with Crippen molar-refractivity contribution in [3.63, 3.8) is 0 Å². The van der Waals surface area contributed by atoms with E-state index in [1.165, 1.54) is 0 Å². The highest BCUT2D eigenvalue weighted by atomic mass is 32.2. The summed E-state index contributed by atoms with van der Waals surface area (Å²) in [5, 5.41) is 0. The van der Waals surface area contributed by atoms with Gasteiger partial charge in [0.25, 0.3) is 0 Å². The van der Waals surface area contributed by atoms with Gasteiger partial charge in [-0.2, -0.15) is 0 Å². The maximum Gasteiger partial charge on any atom is 0.234 e. The van der Waals surface area contributed by atoms with Gasteiger partial charge in [0.2, 0.25) is 27.6 Å². The third-order valence-electron chi connectivity index (χ3n) is 5.02. The molecule has 30 heavy (non-hydrogen) atoms. The molecule has 0 unspecified atom stereocenters. The molecule has 0 radical (unpaired) electrons. The topological polar surface area (TPSA) is 114 Å². The van der Waals surface area contributed by atoms with E-state index in [2.05, 4.69) is 14.7 Å². The number of carbonyl (C=O) groups is 2. The standard InChI is InChI=1S/C20H21N5O4S/c1-14-19(22-20-21-9-4-10-24(14)20)15-5-2-6-16(13-15)23-30(28,29)12-11-25-17(26)7-3-8-18(25)27/h2,4-6,9-10,13,23H,3,7-8,11-12H2,1H3. The van der Waals surface area contributed by atoms with Gasteiger partial charge in [-0.05, 0) is 31.5 Å². The largest absolute Gasteiger partial charge is 0.288 e. The lowest BCUT2D eigenvalue weighted by molar-refractivity contribution is -0.147. The molecule has 1 saturated heterocycles. The number of aryl methyl sites for hydroxylation is 1. The van der Waals surface area contributed by atoms with E-state index >= 15 is 0 Å². The Morgan fingerprint density at radius 2 is 1.90 bits per heavy atom. The quantitative estimate of drug-likeness (QED) is 0.602. The summed E-state index contributed by atoms with van der Waals surface area (Å²) < 4.78 is 29.4. The number of hydrogen-bond acceptors (Lipinski definition) is 6. The number of amides is 2. The molecule has 1 N–H and O–H groups in total. The molecule has 156 valence electrons. The molecule has 2 aromatic heterocycles. The van der Waals surface area contributed by atoms with Crippen LogP contribution in [0.2, 0.25) is 0 Å². The highest BCUT2D eigenvalue weighted by molar-refractivity contribution is 7.92. The van der Waals surface area contributed by atoms with Crippen molar-refractivity contribution in [3.8, 4) is 11.3 Å². The van der Waals surface area contributed by atoms with Crippen LogP contribution in [0.4, 0.5) is 5.69 Å². The van der Waals surface area contributed by atoms with Gasteiger partial charge < -0.3 is 0 Å². The predicted molar refractivity (Wildman–Crippen MR) is 111 cm³/mol. The number of nitrogens with one attached hydrogen (secondary N) is 1. The molecule has 1 aliphatic rings. The first-order valence-corrected chi connectivity index (χ1v) is 11.2. The van der Waals surface area contributed by atoms with E-state index < -0.39 is 10.0 Å². The lowest BCUT2D eigenvalue weighted by Gasteiger charge is -2.24. The Balaban J connectivity index is 1.51. The molecule has 3 heterocycles. The maximum atomic E-state index is 12.5. The van der Waals surface area contributed by atoms with Crippen LogP contribution >= 0.6 is 0 Å². The minimum Gasteiger partial charge on any atom is -0.288 e. The van der Waals surface area contributed by atoms with Crippen molar-refractivity contribution in [2.75, 3.05) is 17.0 Å². The number of imidazole rings is 1. The summed E-state index contributed by atoms with van der Waals surface area (Å²) in [5.74, 6) is -0.433. The summed E-state index contributed by atoms with van der Waals surface area (Å²) in [6.07, 6.45) is 4.59. The normalized spacial score (nSPS) is 15.0. The Kier molecular flexibility index (Phi) is 5.25. The van der Waals surface area contributed by atoms with Crippen LogP contribution in [0.1, 0.15) is 25.0 Å². The highest BCUT2D eigenvalue weighted by Crippen LogP contribution is 2.26. The zero-order chi connectivity index (χ0) is 21.3. The number of sulfonamides is 1. The monoisotopic (exact) mass is 427 g/mol. The van der Waals surface area contributed by atoms with Crippen molar-refractivity contribution in [3.05, 3.63) is 48.4 Å². The summed E-state index contributed by atoms with van der Waals surface area (Å²) >= 11 is 0. The van der Waals surface area contributed by atoms with E-state index in [-0.39, 0.29) is 37.0 Å². The number of hydrogen-bond donors (Lipinski definition) is 1. The Bertz CT molecular complexity index is 1220.